The number of nitrogens with one attached hydrogen (secondary N) is 1. The van der Waals surface area contributed by atoms with Gasteiger partial charge in [-0.3, -0.25) is 0 Å². The number of halogens is 2. The van der Waals surface area contributed by atoms with Gasteiger partial charge in [-0.25, -0.2) is 0 Å². The summed E-state index contributed by atoms with van der Waals surface area (Å²) in [4.78, 5) is 0. The molecule has 0 aliphatic heterocycles. The molecule has 1 atom stereocenters. The Morgan fingerprint density at radius 1 is 1.50 bits per heavy atom. The second-order valence-electron chi connectivity index (χ2n) is 3.80. The molecule has 0 fully saturated rings. The first-order valence-electron chi connectivity index (χ1n) is 5.35. The number of hydrogen-bond donors (Lipinski definition) is 2. The minimum Gasteiger partial charge on any atom is -0.390 e. The number of rotatable bonds is 5. The Labute approximate surface area is 110 Å². The summed E-state index contributed by atoms with van der Waals surface area (Å²) in [5, 5.41) is 12.7. The average Bonchev–Trinajstić information content (AvgIpc) is 2.26. The van der Waals surface area contributed by atoms with Crippen LogP contribution in [0, 0.1) is 6.92 Å². The van der Waals surface area contributed by atoms with Gasteiger partial charge in [-0.2, -0.15) is 0 Å². The van der Waals surface area contributed by atoms with Crippen LogP contribution < -0.4 is 5.32 Å². The number of benzene rings is 1. The summed E-state index contributed by atoms with van der Waals surface area (Å²) in [6, 6.07) is 4.16. The second-order valence-corrected chi connectivity index (χ2v) is 5.02. The quantitative estimate of drug-likeness (QED) is 0.818. The number of aliphatic hydroxyl groups is 1. The molecule has 0 heterocycles. The highest BCUT2D eigenvalue weighted by molar-refractivity contribution is 9.10. The molecule has 0 bridgehead atoms. The van der Waals surface area contributed by atoms with Gasteiger partial charge in [0.25, 0.3) is 0 Å². The zero-order valence-electron chi connectivity index (χ0n) is 9.56. The Balaban J connectivity index is 2.85. The second kappa shape index (κ2) is 6.48. The molecule has 16 heavy (non-hydrogen) atoms. The lowest BCUT2D eigenvalue weighted by molar-refractivity contribution is 0.211. The van der Waals surface area contributed by atoms with E-state index in [0.717, 1.165) is 16.6 Å². The monoisotopic (exact) mass is 305 g/mol. The van der Waals surface area contributed by atoms with Crippen LogP contribution in [0.2, 0.25) is 0 Å². The van der Waals surface area contributed by atoms with E-state index in [1.165, 1.54) is 11.1 Å². The van der Waals surface area contributed by atoms with Gasteiger partial charge in [0.05, 0.1) is 12.0 Å². The Bertz CT molecular complexity index is 357. The highest BCUT2D eigenvalue weighted by Crippen LogP contribution is 2.26. The fraction of sp³-hybridized carbons (Fsp3) is 0.500. The Morgan fingerprint density at radius 3 is 2.75 bits per heavy atom. The highest BCUT2D eigenvalue weighted by Gasteiger charge is 2.08. The molecule has 90 valence electrons. The van der Waals surface area contributed by atoms with Crippen LogP contribution in [0.5, 0.6) is 0 Å². The maximum atomic E-state index is 9.42. The maximum Gasteiger partial charge on any atom is 0.0847 e. The zero-order chi connectivity index (χ0) is 12.1. The highest BCUT2D eigenvalue weighted by atomic mass is 79.9. The first kappa shape index (κ1) is 13.8. The molecule has 0 saturated heterocycles. The topological polar surface area (TPSA) is 32.3 Å². The molecule has 4 heteroatoms. The van der Waals surface area contributed by atoms with Crippen molar-refractivity contribution in [1.82, 2.24) is 0 Å². The van der Waals surface area contributed by atoms with Gasteiger partial charge < -0.3 is 10.4 Å². The third-order valence-corrected chi connectivity index (χ3v) is 3.27. The van der Waals surface area contributed by atoms with Gasteiger partial charge in [-0.1, -0.05) is 22.9 Å². The van der Waals surface area contributed by atoms with E-state index in [0.29, 0.717) is 6.54 Å². The summed E-state index contributed by atoms with van der Waals surface area (Å²) in [5.41, 5.74) is 3.52. The van der Waals surface area contributed by atoms with E-state index in [2.05, 4.69) is 47.2 Å². The van der Waals surface area contributed by atoms with Gasteiger partial charge >= 0.3 is 0 Å². The third-order valence-electron chi connectivity index (χ3n) is 2.46. The van der Waals surface area contributed by atoms with Crippen LogP contribution in [0.4, 0.5) is 5.69 Å². The molecule has 1 aromatic carbocycles. The number of aliphatic hydroxyl groups excluding tert-OH is 1. The van der Waals surface area contributed by atoms with Gasteiger partial charge in [-0.05, 0) is 36.6 Å². The van der Waals surface area contributed by atoms with Crippen LogP contribution in [0.3, 0.4) is 0 Å². The van der Waals surface area contributed by atoms with Crippen molar-refractivity contribution < 1.29 is 5.11 Å². The fourth-order valence-corrected chi connectivity index (χ4v) is 2.35. The lowest BCUT2D eigenvalue weighted by Crippen LogP contribution is -2.21. The smallest absolute Gasteiger partial charge is 0.0847 e. The number of hydrogen-bond acceptors (Lipinski definition) is 2. The van der Waals surface area contributed by atoms with E-state index < -0.39 is 6.10 Å². The third kappa shape index (κ3) is 3.65. The van der Waals surface area contributed by atoms with Crippen LogP contribution >= 0.6 is 27.5 Å². The van der Waals surface area contributed by atoms with Crippen molar-refractivity contribution >= 4 is 33.2 Å². The van der Waals surface area contributed by atoms with Gasteiger partial charge in [0.1, 0.15) is 0 Å². The first-order chi connectivity index (χ1) is 7.58. The summed E-state index contributed by atoms with van der Waals surface area (Å²) >= 11 is 9.04. The molecule has 0 spiro atoms. The van der Waals surface area contributed by atoms with E-state index in [1.807, 2.05) is 0 Å². The standard InChI is InChI=1S/C12H17BrClNO/c1-3-9-5-10(13)4-8(2)12(9)15-7-11(16)6-14/h4-5,11,15-16H,3,6-7H2,1-2H3. The summed E-state index contributed by atoms with van der Waals surface area (Å²) in [5.74, 6) is 0.254. The summed E-state index contributed by atoms with van der Waals surface area (Å²) in [6.45, 7) is 4.66. The van der Waals surface area contributed by atoms with E-state index in [-0.39, 0.29) is 5.88 Å². The lowest BCUT2D eigenvalue weighted by Gasteiger charge is -2.16. The minimum atomic E-state index is -0.505. The average molecular weight is 307 g/mol. The van der Waals surface area contributed by atoms with Gasteiger partial charge in [0.2, 0.25) is 0 Å². The van der Waals surface area contributed by atoms with E-state index in [1.54, 1.807) is 0 Å². The van der Waals surface area contributed by atoms with Crippen molar-refractivity contribution in [2.24, 2.45) is 0 Å². The van der Waals surface area contributed by atoms with E-state index >= 15 is 0 Å². The van der Waals surface area contributed by atoms with Crippen LogP contribution in [-0.2, 0) is 6.42 Å². The van der Waals surface area contributed by atoms with Gasteiger partial charge in [0, 0.05) is 16.7 Å². The van der Waals surface area contributed by atoms with E-state index in [9.17, 15) is 5.11 Å². The summed E-state index contributed by atoms with van der Waals surface area (Å²) in [7, 11) is 0. The maximum absolute atomic E-state index is 9.42. The number of anilines is 1. The van der Waals surface area contributed by atoms with Crippen LogP contribution in [0.25, 0.3) is 0 Å². The van der Waals surface area contributed by atoms with Crippen LogP contribution in [-0.4, -0.2) is 23.6 Å². The normalized spacial score (nSPS) is 12.6. The Morgan fingerprint density at radius 2 is 2.19 bits per heavy atom. The van der Waals surface area contributed by atoms with Gasteiger partial charge in [0.15, 0.2) is 0 Å². The predicted octanol–water partition coefficient (Wildman–Crippen LogP) is 3.33. The molecule has 1 aromatic rings. The molecule has 0 aromatic heterocycles. The summed E-state index contributed by atoms with van der Waals surface area (Å²) < 4.78 is 1.09. The molecule has 0 aliphatic rings. The largest absolute Gasteiger partial charge is 0.390 e. The van der Waals surface area contributed by atoms with Crippen LogP contribution in [0.15, 0.2) is 16.6 Å². The summed E-state index contributed by atoms with van der Waals surface area (Å²) in [6.07, 6.45) is 0.453. The predicted molar refractivity (Wildman–Crippen MR) is 73.5 cm³/mol. The first-order valence-corrected chi connectivity index (χ1v) is 6.68. The Hall–Kier alpha value is -0.250. The molecule has 2 N–H and O–H groups in total. The molecule has 2 nitrogen and oxygen atoms in total. The SMILES string of the molecule is CCc1cc(Br)cc(C)c1NCC(O)CCl. The molecule has 0 aliphatic carbocycles. The molecule has 1 rings (SSSR count). The molecular weight excluding hydrogens is 289 g/mol. The molecule has 0 radical (unpaired) electrons. The minimum absolute atomic E-state index is 0.254. The molecule has 0 saturated carbocycles. The van der Waals surface area contributed by atoms with Gasteiger partial charge in [-0.15, -0.1) is 11.6 Å². The van der Waals surface area contributed by atoms with Crippen molar-refractivity contribution in [1.29, 1.82) is 0 Å². The molecule has 1 unspecified atom stereocenters. The van der Waals surface area contributed by atoms with Crippen molar-refractivity contribution in [2.45, 2.75) is 26.4 Å². The number of aryl methyl sites for hydroxylation is 2. The van der Waals surface area contributed by atoms with Crippen molar-refractivity contribution in [3.8, 4) is 0 Å². The fourth-order valence-electron chi connectivity index (χ4n) is 1.62. The molecular formula is C12H17BrClNO. The van der Waals surface area contributed by atoms with E-state index in [4.69, 9.17) is 11.6 Å². The van der Waals surface area contributed by atoms with Crippen molar-refractivity contribution in [2.75, 3.05) is 17.7 Å². The lowest BCUT2D eigenvalue weighted by atomic mass is 10.1. The Kier molecular flexibility index (Phi) is 5.59. The molecule has 0 amide bonds. The van der Waals surface area contributed by atoms with Crippen molar-refractivity contribution in [3.63, 3.8) is 0 Å². The van der Waals surface area contributed by atoms with Crippen LogP contribution in [0.1, 0.15) is 18.1 Å². The number of alkyl halides is 1. The van der Waals surface area contributed by atoms with Crippen molar-refractivity contribution in [3.05, 3.63) is 27.7 Å². The zero-order valence-corrected chi connectivity index (χ0v) is 11.9.